The maximum atomic E-state index is 5.75. The third-order valence-corrected chi connectivity index (χ3v) is 2.48. The topological polar surface area (TPSA) is 66.0 Å². The van der Waals surface area contributed by atoms with Crippen molar-refractivity contribution in [3.63, 3.8) is 0 Å². The predicted octanol–water partition coefficient (Wildman–Crippen LogP) is 0.835. The van der Waals surface area contributed by atoms with Crippen molar-refractivity contribution in [2.75, 3.05) is 13.7 Å². The van der Waals surface area contributed by atoms with Crippen molar-refractivity contribution in [1.29, 1.82) is 0 Å². The number of rotatable bonds is 4. The highest BCUT2D eigenvalue weighted by Crippen LogP contribution is 2.19. The summed E-state index contributed by atoms with van der Waals surface area (Å²) in [6.45, 7) is 0.482. The Hall–Kier alpha value is -1.88. The van der Waals surface area contributed by atoms with Gasteiger partial charge in [0.15, 0.2) is 0 Å². The number of nitrogens with two attached hydrogens (primary N) is 1. The lowest BCUT2D eigenvalue weighted by atomic mass is 10.1. The van der Waals surface area contributed by atoms with Gasteiger partial charge in [0.1, 0.15) is 18.4 Å². The first kappa shape index (κ1) is 10.6. The quantitative estimate of drug-likeness (QED) is 0.825. The molecule has 5 heteroatoms. The maximum Gasteiger partial charge on any atom is 0.137 e. The highest BCUT2D eigenvalue weighted by atomic mass is 16.5. The van der Waals surface area contributed by atoms with Crippen molar-refractivity contribution < 1.29 is 4.74 Å². The number of methoxy groups -OCH3 is 1. The minimum atomic E-state index is 0.0217. The first-order chi connectivity index (χ1) is 7.85. The van der Waals surface area contributed by atoms with Gasteiger partial charge in [0.2, 0.25) is 0 Å². The Morgan fingerprint density at radius 2 is 2.12 bits per heavy atom. The third kappa shape index (κ3) is 2.04. The minimum absolute atomic E-state index is 0.0217. The van der Waals surface area contributed by atoms with E-state index in [0.717, 1.165) is 11.3 Å². The molecule has 1 heterocycles. The number of hydrogen-bond donors (Lipinski definition) is 1. The summed E-state index contributed by atoms with van der Waals surface area (Å²) < 4.78 is 6.86. The fourth-order valence-electron chi connectivity index (χ4n) is 1.60. The molecule has 16 heavy (non-hydrogen) atoms. The van der Waals surface area contributed by atoms with E-state index in [2.05, 4.69) is 10.1 Å². The molecule has 0 bridgehead atoms. The van der Waals surface area contributed by atoms with Crippen molar-refractivity contribution in [1.82, 2.24) is 14.8 Å². The average Bonchev–Trinajstić information content (AvgIpc) is 2.85. The zero-order valence-corrected chi connectivity index (χ0v) is 9.08. The normalized spacial score (nSPS) is 12.4. The molecule has 0 aliphatic rings. The summed E-state index contributed by atoms with van der Waals surface area (Å²) in [4.78, 5) is 3.92. The zero-order valence-electron chi connectivity index (χ0n) is 9.08. The Kier molecular flexibility index (Phi) is 3.16. The Balaban J connectivity index is 2.27. The van der Waals surface area contributed by atoms with Crippen LogP contribution < -0.4 is 10.5 Å². The van der Waals surface area contributed by atoms with Crippen LogP contribution in [0.3, 0.4) is 0 Å². The van der Waals surface area contributed by atoms with Crippen LogP contribution in [0.25, 0.3) is 0 Å². The van der Waals surface area contributed by atoms with Gasteiger partial charge in [-0.05, 0) is 17.7 Å². The monoisotopic (exact) mass is 218 g/mol. The Morgan fingerprint density at radius 1 is 1.38 bits per heavy atom. The van der Waals surface area contributed by atoms with Gasteiger partial charge >= 0.3 is 0 Å². The zero-order chi connectivity index (χ0) is 11.4. The van der Waals surface area contributed by atoms with E-state index in [1.54, 1.807) is 18.1 Å². The van der Waals surface area contributed by atoms with Crippen LogP contribution in [-0.4, -0.2) is 28.4 Å². The Labute approximate surface area is 93.9 Å². The molecule has 1 atom stereocenters. The van der Waals surface area contributed by atoms with Gasteiger partial charge in [-0.2, -0.15) is 5.10 Å². The highest BCUT2D eigenvalue weighted by Gasteiger charge is 2.11. The van der Waals surface area contributed by atoms with E-state index in [9.17, 15) is 0 Å². The van der Waals surface area contributed by atoms with Gasteiger partial charge in [0, 0.05) is 6.54 Å². The van der Waals surface area contributed by atoms with Crippen LogP contribution in [0.4, 0.5) is 0 Å². The largest absolute Gasteiger partial charge is 0.497 e. The number of nitrogens with zero attached hydrogens (tertiary/aromatic N) is 3. The molecule has 1 aromatic carbocycles. The summed E-state index contributed by atoms with van der Waals surface area (Å²) >= 11 is 0. The summed E-state index contributed by atoms with van der Waals surface area (Å²) in [7, 11) is 1.65. The van der Waals surface area contributed by atoms with Gasteiger partial charge in [-0.3, -0.25) is 0 Å². The van der Waals surface area contributed by atoms with Gasteiger partial charge in [-0.25, -0.2) is 9.67 Å². The van der Waals surface area contributed by atoms with Gasteiger partial charge in [-0.1, -0.05) is 12.1 Å². The first-order valence-electron chi connectivity index (χ1n) is 5.03. The van der Waals surface area contributed by atoms with E-state index in [1.807, 2.05) is 24.3 Å². The third-order valence-electron chi connectivity index (χ3n) is 2.48. The van der Waals surface area contributed by atoms with Crippen LogP contribution in [0.2, 0.25) is 0 Å². The molecule has 0 saturated heterocycles. The molecule has 0 spiro atoms. The summed E-state index contributed by atoms with van der Waals surface area (Å²) in [5.74, 6) is 0.832. The number of hydrogen-bond acceptors (Lipinski definition) is 4. The summed E-state index contributed by atoms with van der Waals surface area (Å²) in [5, 5.41) is 4.10. The fourth-order valence-corrected chi connectivity index (χ4v) is 1.60. The summed E-state index contributed by atoms with van der Waals surface area (Å²) in [6.07, 6.45) is 3.17. The lowest BCUT2D eigenvalue weighted by Crippen LogP contribution is -2.20. The van der Waals surface area contributed by atoms with Gasteiger partial charge < -0.3 is 10.5 Å². The Bertz CT molecular complexity index is 424. The molecule has 0 saturated carbocycles. The van der Waals surface area contributed by atoms with E-state index in [4.69, 9.17) is 10.5 Å². The second-order valence-electron chi connectivity index (χ2n) is 3.40. The van der Waals surface area contributed by atoms with Crippen LogP contribution in [0, 0.1) is 0 Å². The van der Waals surface area contributed by atoms with Crippen LogP contribution in [-0.2, 0) is 0 Å². The van der Waals surface area contributed by atoms with Crippen molar-refractivity contribution in [2.45, 2.75) is 6.04 Å². The van der Waals surface area contributed by atoms with Crippen LogP contribution in [0.1, 0.15) is 11.6 Å². The highest BCUT2D eigenvalue weighted by molar-refractivity contribution is 5.29. The average molecular weight is 218 g/mol. The van der Waals surface area contributed by atoms with Crippen molar-refractivity contribution in [3.8, 4) is 5.75 Å². The second-order valence-corrected chi connectivity index (χ2v) is 3.40. The van der Waals surface area contributed by atoms with Crippen LogP contribution in [0.5, 0.6) is 5.75 Å². The first-order valence-corrected chi connectivity index (χ1v) is 5.03. The number of ether oxygens (including phenoxy) is 1. The van der Waals surface area contributed by atoms with Crippen LogP contribution in [0.15, 0.2) is 36.9 Å². The molecule has 0 fully saturated rings. The molecule has 0 aliphatic heterocycles. The molecular weight excluding hydrogens is 204 g/mol. The Morgan fingerprint density at radius 3 is 2.62 bits per heavy atom. The molecule has 0 aliphatic carbocycles. The van der Waals surface area contributed by atoms with E-state index < -0.39 is 0 Å². The standard InChI is InChI=1S/C11H14N4O/c1-16-10-4-2-9(3-5-10)11(6-12)15-8-13-7-14-15/h2-5,7-8,11H,6,12H2,1H3. The summed E-state index contributed by atoms with van der Waals surface area (Å²) in [5.41, 5.74) is 6.84. The smallest absolute Gasteiger partial charge is 0.137 e. The molecule has 2 N–H and O–H groups in total. The summed E-state index contributed by atoms with van der Waals surface area (Å²) in [6, 6.07) is 7.81. The van der Waals surface area contributed by atoms with Crippen LogP contribution >= 0.6 is 0 Å². The van der Waals surface area contributed by atoms with Crippen molar-refractivity contribution >= 4 is 0 Å². The molecule has 0 radical (unpaired) electrons. The molecule has 5 nitrogen and oxygen atoms in total. The van der Waals surface area contributed by atoms with E-state index in [1.165, 1.54) is 6.33 Å². The van der Waals surface area contributed by atoms with E-state index >= 15 is 0 Å². The molecule has 2 aromatic rings. The van der Waals surface area contributed by atoms with Gasteiger partial charge in [0.25, 0.3) is 0 Å². The van der Waals surface area contributed by atoms with Gasteiger partial charge in [-0.15, -0.1) is 0 Å². The van der Waals surface area contributed by atoms with E-state index in [-0.39, 0.29) is 6.04 Å². The molecule has 2 rings (SSSR count). The minimum Gasteiger partial charge on any atom is -0.497 e. The number of aromatic nitrogens is 3. The molecule has 1 unspecified atom stereocenters. The van der Waals surface area contributed by atoms with Gasteiger partial charge in [0.05, 0.1) is 13.2 Å². The molecule has 1 aromatic heterocycles. The van der Waals surface area contributed by atoms with E-state index in [0.29, 0.717) is 6.54 Å². The number of benzene rings is 1. The molecule has 0 amide bonds. The van der Waals surface area contributed by atoms with Crippen molar-refractivity contribution in [2.24, 2.45) is 5.73 Å². The lowest BCUT2D eigenvalue weighted by Gasteiger charge is -2.15. The SMILES string of the molecule is COc1ccc(C(CN)n2cncn2)cc1. The fraction of sp³-hybridized carbons (Fsp3) is 0.273. The molecular formula is C11H14N4O. The van der Waals surface area contributed by atoms with Crippen molar-refractivity contribution in [3.05, 3.63) is 42.5 Å². The second kappa shape index (κ2) is 4.76. The lowest BCUT2D eigenvalue weighted by molar-refractivity contribution is 0.414. The predicted molar refractivity (Wildman–Crippen MR) is 60.2 cm³/mol. The maximum absolute atomic E-state index is 5.75. The molecule has 84 valence electrons.